The van der Waals surface area contributed by atoms with Crippen molar-refractivity contribution in [2.45, 2.75) is 23.9 Å². The third-order valence-electron chi connectivity index (χ3n) is 3.58. The number of carbonyl (C=O) groups is 1. The average molecular weight is 302 g/mol. The van der Waals surface area contributed by atoms with Gasteiger partial charge in [0.05, 0.1) is 18.3 Å². The maximum atomic E-state index is 12.1. The van der Waals surface area contributed by atoms with E-state index in [1.54, 1.807) is 22.6 Å². The van der Waals surface area contributed by atoms with E-state index in [4.69, 9.17) is 0 Å². The number of hydrogen-bond acceptors (Lipinski definition) is 3. The van der Waals surface area contributed by atoms with E-state index in [1.165, 1.54) is 10.5 Å². The smallest absolute Gasteiger partial charge is 0.315 e. The van der Waals surface area contributed by atoms with Crippen molar-refractivity contribution in [3.05, 3.63) is 47.8 Å². The highest BCUT2D eigenvalue weighted by Gasteiger charge is 2.24. The van der Waals surface area contributed by atoms with Crippen molar-refractivity contribution < 1.29 is 4.79 Å². The monoisotopic (exact) mass is 302 g/mol. The number of aromatic nitrogens is 2. The van der Waals surface area contributed by atoms with Gasteiger partial charge in [0.2, 0.25) is 0 Å². The van der Waals surface area contributed by atoms with Crippen LogP contribution < -0.4 is 10.6 Å². The van der Waals surface area contributed by atoms with Gasteiger partial charge in [-0.3, -0.25) is 4.68 Å². The van der Waals surface area contributed by atoms with Crippen LogP contribution in [0.15, 0.2) is 41.6 Å². The van der Waals surface area contributed by atoms with Crippen LogP contribution in [0.5, 0.6) is 0 Å². The molecule has 2 N–H and O–H groups in total. The number of carbonyl (C=O) groups excluding carboxylic acids is 1. The van der Waals surface area contributed by atoms with E-state index in [1.807, 2.05) is 32.3 Å². The second kappa shape index (κ2) is 5.81. The molecule has 0 saturated heterocycles. The van der Waals surface area contributed by atoms with E-state index in [2.05, 4.69) is 27.9 Å². The Morgan fingerprint density at radius 3 is 3.05 bits per heavy atom. The molecule has 2 aromatic rings. The molecular formula is C15H18N4OS. The van der Waals surface area contributed by atoms with Gasteiger partial charge in [-0.1, -0.05) is 18.2 Å². The molecule has 1 aromatic heterocycles. The molecule has 0 saturated carbocycles. The number of thioether (sulfide) groups is 1. The largest absolute Gasteiger partial charge is 0.332 e. The lowest BCUT2D eigenvalue weighted by molar-refractivity contribution is 0.235. The molecule has 6 heteroatoms. The Hall–Kier alpha value is -1.95. The van der Waals surface area contributed by atoms with Crippen LogP contribution in [0.2, 0.25) is 0 Å². The van der Waals surface area contributed by atoms with Crippen LogP contribution >= 0.6 is 11.8 Å². The minimum absolute atomic E-state index is 0.0667. The van der Waals surface area contributed by atoms with Crippen molar-refractivity contribution in [3.63, 3.8) is 0 Å². The van der Waals surface area contributed by atoms with Crippen molar-refractivity contribution in [1.82, 2.24) is 20.4 Å². The third-order valence-corrected chi connectivity index (χ3v) is 4.76. The van der Waals surface area contributed by atoms with Crippen LogP contribution in [-0.4, -0.2) is 21.6 Å². The second-order valence-electron chi connectivity index (χ2n) is 5.19. The van der Waals surface area contributed by atoms with E-state index in [9.17, 15) is 4.79 Å². The van der Waals surface area contributed by atoms with Gasteiger partial charge in [0.25, 0.3) is 0 Å². The van der Waals surface area contributed by atoms with Crippen molar-refractivity contribution in [2.75, 3.05) is 5.75 Å². The Balaban J connectivity index is 1.60. The molecule has 0 bridgehead atoms. The van der Waals surface area contributed by atoms with Crippen LogP contribution in [0.3, 0.4) is 0 Å². The first-order valence-electron chi connectivity index (χ1n) is 6.91. The lowest BCUT2D eigenvalue weighted by atomic mass is 10.1. The third kappa shape index (κ3) is 3.05. The fourth-order valence-electron chi connectivity index (χ4n) is 2.43. The number of nitrogens with zero attached hydrogens (tertiary/aromatic N) is 2. The molecule has 0 aliphatic carbocycles. The molecule has 2 amide bonds. The molecule has 1 aliphatic rings. The molecule has 2 atom stereocenters. The molecule has 2 heterocycles. The van der Waals surface area contributed by atoms with Gasteiger partial charge in [-0.25, -0.2) is 4.79 Å². The summed E-state index contributed by atoms with van der Waals surface area (Å²) in [5, 5.41) is 10.1. The number of rotatable bonds is 3. The van der Waals surface area contributed by atoms with Crippen molar-refractivity contribution >= 4 is 17.8 Å². The quantitative estimate of drug-likeness (QED) is 0.916. The summed E-state index contributed by atoms with van der Waals surface area (Å²) >= 11 is 1.78. The molecule has 1 aliphatic heterocycles. The Bertz CT molecular complexity index is 655. The Morgan fingerprint density at radius 1 is 1.48 bits per heavy atom. The molecule has 0 fully saturated rings. The highest BCUT2D eigenvalue weighted by Crippen LogP contribution is 2.37. The minimum atomic E-state index is -0.145. The lowest BCUT2D eigenvalue weighted by Crippen LogP contribution is -2.39. The van der Waals surface area contributed by atoms with Crippen molar-refractivity contribution in [1.29, 1.82) is 0 Å². The minimum Gasteiger partial charge on any atom is -0.332 e. The Kier molecular flexibility index (Phi) is 3.88. The first kappa shape index (κ1) is 14.0. The summed E-state index contributed by atoms with van der Waals surface area (Å²) in [6.07, 6.45) is 3.68. The summed E-state index contributed by atoms with van der Waals surface area (Å²) in [4.78, 5) is 13.4. The van der Waals surface area contributed by atoms with E-state index in [0.717, 1.165) is 11.3 Å². The molecule has 21 heavy (non-hydrogen) atoms. The van der Waals surface area contributed by atoms with Gasteiger partial charge in [0, 0.05) is 29.5 Å². The molecule has 0 radical (unpaired) electrons. The van der Waals surface area contributed by atoms with Crippen LogP contribution in [-0.2, 0) is 7.05 Å². The van der Waals surface area contributed by atoms with Gasteiger partial charge < -0.3 is 10.6 Å². The Morgan fingerprint density at radius 2 is 2.29 bits per heavy atom. The number of fused-ring (bicyclic) bond motifs is 1. The van der Waals surface area contributed by atoms with Crippen LogP contribution in [0.1, 0.15) is 30.1 Å². The maximum absolute atomic E-state index is 12.1. The standard InChI is InChI=1S/C15H18N4OS/c1-10(11-7-16-19(2)8-11)17-15(20)18-13-9-21-14-6-4-3-5-12(13)14/h3-8,10,13H,9H2,1-2H3,(H2,17,18,20)/t10-,13+/m0/s1. The SMILES string of the molecule is C[C@H](NC(=O)N[C@@H]1CSc2ccccc21)c1cnn(C)c1. The van der Waals surface area contributed by atoms with Crippen LogP contribution in [0, 0.1) is 0 Å². The molecule has 0 unspecified atom stereocenters. The molecule has 3 rings (SSSR count). The van der Waals surface area contributed by atoms with Gasteiger partial charge in [-0.05, 0) is 18.6 Å². The van der Waals surface area contributed by atoms with Crippen LogP contribution in [0.4, 0.5) is 4.79 Å². The zero-order valence-electron chi connectivity index (χ0n) is 12.0. The molecule has 110 valence electrons. The lowest BCUT2D eigenvalue weighted by Gasteiger charge is -2.17. The van der Waals surface area contributed by atoms with Crippen LogP contribution in [0.25, 0.3) is 0 Å². The highest BCUT2D eigenvalue weighted by atomic mass is 32.2. The van der Waals surface area contributed by atoms with Gasteiger partial charge in [0.15, 0.2) is 0 Å². The van der Waals surface area contributed by atoms with Gasteiger partial charge in [-0.2, -0.15) is 5.10 Å². The maximum Gasteiger partial charge on any atom is 0.315 e. The predicted octanol–water partition coefficient (Wildman–Crippen LogP) is 2.63. The van der Waals surface area contributed by atoms with Gasteiger partial charge in [-0.15, -0.1) is 11.8 Å². The zero-order valence-corrected chi connectivity index (χ0v) is 12.9. The summed E-state index contributed by atoms with van der Waals surface area (Å²) in [7, 11) is 1.86. The molecule has 5 nitrogen and oxygen atoms in total. The number of aryl methyl sites for hydroxylation is 1. The zero-order chi connectivity index (χ0) is 14.8. The van der Waals surface area contributed by atoms with Gasteiger partial charge >= 0.3 is 6.03 Å². The molecule has 1 aromatic carbocycles. The number of urea groups is 1. The summed E-state index contributed by atoms with van der Waals surface area (Å²) in [5.41, 5.74) is 2.19. The number of hydrogen-bond donors (Lipinski definition) is 2. The molecular weight excluding hydrogens is 284 g/mol. The van der Waals surface area contributed by atoms with Gasteiger partial charge in [0.1, 0.15) is 0 Å². The van der Waals surface area contributed by atoms with E-state index in [-0.39, 0.29) is 18.1 Å². The summed E-state index contributed by atoms with van der Waals surface area (Å²) in [5.74, 6) is 0.883. The van der Waals surface area contributed by atoms with Crippen molar-refractivity contribution in [2.24, 2.45) is 7.05 Å². The summed E-state index contributed by atoms with van der Waals surface area (Å²) < 4.78 is 1.73. The first-order valence-corrected chi connectivity index (χ1v) is 7.89. The number of benzene rings is 1. The normalized spacial score (nSPS) is 18.1. The number of amides is 2. The Labute approximate surface area is 128 Å². The predicted molar refractivity (Wildman–Crippen MR) is 83.2 cm³/mol. The highest BCUT2D eigenvalue weighted by molar-refractivity contribution is 7.99. The van der Waals surface area contributed by atoms with E-state index < -0.39 is 0 Å². The summed E-state index contributed by atoms with van der Waals surface area (Å²) in [6.45, 7) is 1.95. The topological polar surface area (TPSA) is 59.0 Å². The average Bonchev–Trinajstić information content (AvgIpc) is 3.06. The second-order valence-corrected chi connectivity index (χ2v) is 6.25. The number of nitrogens with one attached hydrogen (secondary N) is 2. The molecule has 0 spiro atoms. The summed E-state index contributed by atoms with van der Waals surface area (Å²) in [6, 6.07) is 8.07. The first-order chi connectivity index (χ1) is 10.1. The fourth-order valence-corrected chi connectivity index (χ4v) is 3.59. The van der Waals surface area contributed by atoms with E-state index in [0.29, 0.717) is 0 Å². The fraction of sp³-hybridized carbons (Fsp3) is 0.333. The van der Waals surface area contributed by atoms with Crippen molar-refractivity contribution in [3.8, 4) is 0 Å². The van der Waals surface area contributed by atoms with E-state index >= 15 is 0 Å².